The molecule has 0 unspecified atom stereocenters. The highest BCUT2D eigenvalue weighted by atomic mass is 16.7. The molecule has 1 fully saturated rings. The fourth-order valence-corrected chi connectivity index (χ4v) is 3.63. The topological polar surface area (TPSA) is 155 Å². The van der Waals surface area contributed by atoms with Crippen LogP contribution in [0.2, 0.25) is 0 Å². The monoisotopic (exact) mass is 509 g/mol. The number of ether oxygens (including phenoxy) is 4. The summed E-state index contributed by atoms with van der Waals surface area (Å²) in [7, 11) is 0. The molecule has 37 heavy (non-hydrogen) atoms. The summed E-state index contributed by atoms with van der Waals surface area (Å²) in [6, 6.07) is 21.1. The highest BCUT2D eigenvalue weighted by Gasteiger charge is 2.48. The van der Waals surface area contributed by atoms with Crippen LogP contribution in [0.1, 0.15) is 20.7 Å². The van der Waals surface area contributed by atoms with E-state index in [0.717, 1.165) is 0 Å². The minimum atomic E-state index is -1.68. The molecule has 192 valence electrons. The van der Waals surface area contributed by atoms with Crippen LogP contribution in [0.15, 0.2) is 84.9 Å². The minimum absolute atomic E-state index is 0.111. The number of aliphatic hydroxyl groups excluding tert-OH is 2. The number of nitro benzene ring substituents is 1. The van der Waals surface area contributed by atoms with Gasteiger partial charge in [0.1, 0.15) is 30.7 Å². The third-order valence-corrected chi connectivity index (χ3v) is 5.59. The Bertz CT molecular complexity index is 1220. The van der Waals surface area contributed by atoms with Gasteiger partial charge < -0.3 is 29.2 Å². The predicted octanol–water partition coefficient (Wildman–Crippen LogP) is 2.50. The number of non-ortho nitro benzene ring substituents is 1. The first-order valence-corrected chi connectivity index (χ1v) is 11.2. The lowest BCUT2D eigenvalue weighted by molar-refractivity contribution is -0.384. The average molecular weight is 509 g/mol. The van der Waals surface area contributed by atoms with Crippen LogP contribution in [0.25, 0.3) is 0 Å². The van der Waals surface area contributed by atoms with Crippen molar-refractivity contribution in [1.82, 2.24) is 0 Å². The SMILES string of the molecule is O=C(OC[C@@H]1O[C@@H](Oc2ccc([N+](=O)[O-])cc2)[C@@H](OC(=O)c2ccccc2)[C@H](O)[C@@H]1O)c1ccccc1. The van der Waals surface area contributed by atoms with Crippen LogP contribution in [-0.4, -0.2) is 64.4 Å². The van der Waals surface area contributed by atoms with Gasteiger partial charge in [0.25, 0.3) is 5.69 Å². The van der Waals surface area contributed by atoms with E-state index in [9.17, 15) is 29.9 Å². The van der Waals surface area contributed by atoms with Crippen molar-refractivity contribution in [3.05, 3.63) is 106 Å². The number of carbonyl (C=O) groups excluding carboxylic acids is 2. The second-order valence-electron chi connectivity index (χ2n) is 8.09. The van der Waals surface area contributed by atoms with Crippen molar-refractivity contribution in [2.45, 2.75) is 30.7 Å². The second-order valence-corrected chi connectivity index (χ2v) is 8.09. The highest BCUT2D eigenvalue weighted by molar-refractivity contribution is 5.89. The maximum Gasteiger partial charge on any atom is 0.338 e. The van der Waals surface area contributed by atoms with Gasteiger partial charge in [-0.15, -0.1) is 0 Å². The third-order valence-electron chi connectivity index (χ3n) is 5.59. The van der Waals surface area contributed by atoms with Crippen LogP contribution in [0.4, 0.5) is 5.69 Å². The minimum Gasteiger partial charge on any atom is -0.461 e. The first kappa shape index (κ1) is 25.8. The Hall–Kier alpha value is -4.32. The number of nitro groups is 1. The number of hydrogen-bond donors (Lipinski definition) is 2. The van der Waals surface area contributed by atoms with Gasteiger partial charge in [0.05, 0.1) is 16.1 Å². The average Bonchev–Trinajstić information content (AvgIpc) is 2.93. The summed E-state index contributed by atoms with van der Waals surface area (Å²) in [6.07, 6.45) is -7.46. The van der Waals surface area contributed by atoms with Crippen LogP contribution < -0.4 is 4.74 Å². The highest BCUT2D eigenvalue weighted by Crippen LogP contribution is 2.28. The number of rotatable bonds is 8. The number of aliphatic hydroxyl groups is 2. The summed E-state index contributed by atoms with van der Waals surface area (Å²) in [5, 5.41) is 32.4. The summed E-state index contributed by atoms with van der Waals surface area (Å²) in [6.45, 7) is -0.439. The second kappa shape index (κ2) is 11.6. The zero-order valence-corrected chi connectivity index (χ0v) is 19.3. The molecular weight excluding hydrogens is 486 g/mol. The summed E-state index contributed by atoms with van der Waals surface area (Å²) in [4.78, 5) is 35.4. The molecule has 0 aliphatic carbocycles. The summed E-state index contributed by atoms with van der Waals surface area (Å²) in [5.41, 5.74) is 0.295. The predicted molar refractivity (Wildman–Crippen MR) is 127 cm³/mol. The van der Waals surface area contributed by atoms with Gasteiger partial charge in [0, 0.05) is 12.1 Å². The smallest absolute Gasteiger partial charge is 0.338 e. The molecule has 3 aromatic rings. The van der Waals surface area contributed by atoms with Crippen molar-refractivity contribution in [1.29, 1.82) is 0 Å². The molecular formula is C26H23NO10. The Morgan fingerprint density at radius 2 is 1.41 bits per heavy atom. The molecule has 1 heterocycles. The van der Waals surface area contributed by atoms with Gasteiger partial charge in [-0.3, -0.25) is 10.1 Å². The number of hydrogen-bond acceptors (Lipinski definition) is 10. The van der Waals surface area contributed by atoms with E-state index < -0.39 is 54.2 Å². The number of benzene rings is 3. The fraction of sp³-hybridized carbons (Fsp3) is 0.231. The lowest BCUT2D eigenvalue weighted by Crippen LogP contribution is -2.61. The Labute approximate surface area is 210 Å². The van der Waals surface area contributed by atoms with Crippen LogP contribution in [0, 0.1) is 10.1 Å². The van der Waals surface area contributed by atoms with Crippen molar-refractivity contribution < 1.29 is 43.7 Å². The molecule has 1 aliphatic rings. The molecule has 5 atom stereocenters. The maximum absolute atomic E-state index is 12.7. The molecule has 0 bridgehead atoms. The number of nitrogens with zero attached hydrogens (tertiary/aromatic N) is 1. The largest absolute Gasteiger partial charge is 0.461 e. The summed E-state index contributed by atoms with van der Waals surface area (Å²) in [5.74, 6) is -1.36. The van der Waals surface area contributed by atoms with Crippen LogP contribution in [0.3, 0.4) is 0 Å². The van der Waals surface area contributed by atoms with E-state index in [1.54, 1.807) is 48.5 Å². The lowest BCUT2D eigenvalue weighted by atomic mass is 9.99. The standard InChI is InChI=1S/C26H23NO10/c28-21-20(15-34-24(30)16-7-3-1-4-8-16)36-26(35-19-13-11-18(12-14-19)27(32)33)23(22(21)29)37-25(31)17-9-5-2-6-10-17/h1-14,20-23,26,28-29H,15H2/t20-,21+,22+,23-,26+/m0/s1. The van der Waals surface area contributed by atoms with Crippen molar-refractivity contribution >= 4 is 17.6 Å². The van der Waals surface area contributed by atoms with Crippen LogP contribution >= 0.6 is 0 Å². The third kappa shape index (κ3) is 6.28. The van der Waals surface area contributed by atoms with Gasteiger partial charge in [0.15, 0.2) is 6.10 Å². The van der Waals surface area contributed by atoms with E-state index in [-0.39, 0.29) is 22.6 Å². The first-order valence-electron chi connectivity index (χ1n) is 11.2. The molecule has 3 aromatic carbocycles. The first-order chi connectivity index (χ1) is 17.8. The molecule has 11 heteroatoms. The molecule has 1 saturated heterocycles. The van der Waals surface area contributed by atoms with Gasteiger partial charge in [0.2, 0.25) is 6.29 Å². The zero-order valence-electron chi connectivity index (χ0n) is 19.3. The van der Waals surface area contributed by atoms with Crippen molar-refractivity contribution in [3.63, 3.8) is 0 Å². The Morgan fingerprint density at radius 3 is 1.97 bits per heavy atom. The molecule has 1 aliphatic heterocycles. The lowest BCUT2D eigenvalue weighted by Gasteiger charge is -2.41. The summed E-state index contributed by atoms with van der Waals surface area (Å²) >= 11 is 0. The maximum atomic E-state index is 12.7. The normalized spacial score (nSPS) is 23.0. The van der Waals surface area contributed by atoms with Gasteiger partial charge in [-0.1, -0.05) is 36.4 Å². The van der Waals surface area contributed by atoms with Gasteiger partial charge in [-0.2, -0.15) is 0 Å². The van der Waals surface area contributed by atoms with Gasteiger partial charge >= 0.3 is 11.9 Å². The number of esters is 2. The van der Waals surface area contributed by atoms with Crippen LogP contribution in [-0.2, 0) is 14.2 Å². The summed E-state index contributed by atoms with van der Waals surface area (Å²) < 4.78 is 22.2. The Morgan fingerprint density at radius 1 is 0.838 bits per heavy atom. The molecule has 0 saturated carbocycles. The van der Waals surface area contributed by atoms with E-state index in [4.69, 9.17) is 18.9 Å². The molecule has 0 aromatic heterocycles. The van der Waals surface area contributed by atoms with E-state index in [1.165, 1.54) is 36.4 Å². The Kier molecular flexibility index (Phi) is 8.08. The molecule has 4 rings (SSSR count). The molecule has 11 nitrogen and oxygen atoms in total. The Balaban J connectivity index is 1.52. The molecule has 0 spiro atoms. The van der Waals surface area contributed by atoms with E-state index in [1.807, 2.05) is 0 Å². The molecule has 0 amide bonds. The molecule has 2 N–H and O–H groups in total. The quantitative estimate of drug-likeness (QED) is 0.263. The van der Waals surface area contributed by atoms with E-state index in [0.29, 0.717) is 0 Å². The zero-order chi connectivity index (χ0) is 26.4. The molecule has 0 radical (unpaired) electrons. The van der Waals surface area contributed by atoms with E-state index in [2.05, 4.69) is 0 Å². The van der Waals surface area contributed by atoms with Gasteiger partial charge in [-0.25, -0.2) is 9.59 Å². The fourth-order valence-electron chi connectivity index (χ4n) is 3.63. The van der Waals surface area contributed by atoms with Crippen molar-refractivity contribution in [2.24, 2.45) is 0 Å². The van der Waals surface area contributed by atoms with Gasteiger partial charge in [-0.05, 0) is 36.4 Å². The van der Waals surface area contributed by atoms with E-state index >= 15 is 0 Å². The van der Waals surface area contributed by atoms with Crippen molar-refractivity contribution in [2.75, 3.05) is 6.61 Å². The van der Waals surface area contributed by atoms with Crippen LogP contribution in [0.5, 0.6) is 5.75 Å². The van der Waals surface area contributed by atoms with Crippen molar-refractivity contribution in [3.8, 4) is 5.75 Å². The number of carbonyl (C=O) groups is 2.